The van der Waals surface area contributed by atoms with Crippen molar-refractivity contribution < 1.29 is 50.1 Å². The summed E-state index contributed by atoms with van der Waals surface area (Å²) in [5.74, 6) is -3.92. The van der Waals surface area contributed by atoms with E-state index in [2.05, 4.69) is 26.8 Å². The zero-order valence-corrected chi connectivity index (χ0v) is 31.0. The second kappa shape index (κ2) is 12.0. The summed E-state index contributed by atoms with van der Waals surface area (Å²) < 4.78 is 93.6. The summed E-state index contributed by atoms with van der Waals surface area (Å²) in [5.41, 5.74) is -8.57. The number of anilines is 1. The minimum absolute atomic E-state index is 0.0803. The Balaban J connectivity index is 1.35. The van der Waals surface area contributed by atoms with Crippen LogP contribution in [0.2, 0.25) is 0 Å². The molecule has 0 unspecified atom stereocenters. The van der Waals surface area contributed by atoms with Gasteiger partial charge in [-0.25, -0.2) is 4.90 Å². The summed E-state index contributed by atoms with van der Waals surface area (Å²) in [4.78, 5) is 55.4. The number of pyridine rings is 1. The molecule has 4 aromatic carbocycles. The number of fused-ring (bicyclic) bond motifs is 5. The minimum atomic E-state index is -6.07. The molecule has 0 atom stereocenters. The van der Waals surface area contributed by atoms with E-state index in [0.29, 0.717) is 36.2 Å². The first kappa shape index (κ1) is 37.7. The van der Waals surface area contributed by atoms with Crippen LogP contribution in [0.15, 0.2) is 79.0 Å². The fourth-order valence-electron chi connectivity index (χ4n) is 7.78. The Labute approximate surface area is 312 Å². The summed E-state index contributed by atoms with van der Waals surface area (Å²) in [7, 11) is 0. The maximum atomic E-state index is 15.3. The van der Waals surface area contributed by atoms with Crippen molar-refractivity contribution in [2.75, 3.05) is 4.90 Å². The molecule has 13 heteroatoms. The zero-order valence-electron chi connectivity index (χ0n) is 31.0. The van der Waals surface area contributed by atoms with Crippen molar-refractivity contribution in [2.45, 2.75) is 83.7 Å². The van der Waals surface area contributed by atoms with Crippen LogP contribution in [0, 0.1) is 0 Å². The lowest BCUT2D eigenvalue weighted by Crippen LogP contribution is -2.55. The van der Waals surface area contributed by atoms with Gasteiger partial charge in [-0.05, 0) is 92.3 Å². The first-order valence-electron chi connectivity index (χ1n) is 17.5. The molecule has 7 nitrogen and oxygen atoms in total. The number of imide groups is 2. The Morgan fingerprint density at radius 2 is 1.05 bits per heavy atom. The molecule has 5 aromatic rings. The van der Waals surface area contributed by atoms with Crippen molar-refractivity contribution in [3.63, 3.8) is 0 Å². The standard InChI is InChI=1S/C42H36F6N3O4/c1-8-49-21-22-17-26(12-16-27(22)28-13-9-23(20-33(28)49)38(2,3)4)50-34(52)29-14-10-24(18-31(29)35(50)53)40(41(43,44)45,42(46,47)48)25-11-15-30-32(19-25)37(55)51(36(30)54)39(5,6)7/h9-21H,8H2,1-7H3/q+1. The highest BCUT2D eigenvalue weighted by atomic mass is 19.4. The molecular formula is C42H36F6N3O4+. The third kappa shape index (κ3) is 5.44. The molecule has 0 spiro atoms. The molecule has 0 aliphatic carbocycles. The Bertz CT molecular complexity index is 2510. The molecule has 0 N–H and O–H groups in total. The maximum Gasteiger partial charge on any atom is 0.411 e. The Morgan fingerprint density at radius 1 is 0.564 bits per heavy atom. The minimum Gasteiger partial charge on any atom is -0.269 e. The SMILES string of the molecule is CC[n+]1cc2cc(N3C(=O)c4ccc(C(c5ccc6c(c5)C(=O)N(C(C)(C)C)C6=O)(C(F)(F)F)C(F)(F)F)cc4C3=O)ccc2c2ccc(C(C)(C)C)cc21. The predicted molar refractivity (Wildman–Crippen MR) is 193 cm³/mol. The molecule has 55 heavy (non-hydrogen) atoms. The van der Waals surface area contributed by atoms with Gasteiger partial charge in [0, 0.05) is 22.4 Å². The molecule has 2 aliphatic heterocycles. The average molecular weight is 761 g/mol. The molecule has 0 bridgehead atoms. The smallest absolute Gasteiger partial charge is 0.269 e. The number of carbonyl (C=O) groups excluding carboxylic acids is 4. The van der Waals surface area contributed by atoms with Gasteiger partial charge in [0.1, 0.15) is 6.54 Å². The second-order valence-electron chi connectivity index (χ2n) is 16.0. The second-order valence-corrected chi connectivity index (χ2v) is 16.0. The summed E-state index contributed by atoms with van der Waals surface area (Å²) >= 11 is 0. The Morgan fingerprint density at radius 3 is 1.58 bits per heavy atom. The van der Waals surface area contributed by atoms with Crippen LogP contribution < -0.4 is 9.47 Å². The molecule has 7 rings (SSSR count). The van der Waals surface area contributed by atoms with E-state index in [1.54, 1.807) is 12.1 Å². The number of nitrogens with zero attached hydrogens (tertiary/aromatic N) is 3. The molecule has 0 radical (unpaired) electrons. The lowest BCUT2D eigenvalue weighted by Gasteiger charge is -2.38. The monoisotopic (exact) mass is 760 g/mol. The maximum absolute atomic E-state index is 15.3. The van der Waals surface area contributed by atoms with Gasteiger partial charge >= 0.3 is 12.4 Å². The zero-order chi connectivity index (χ0) is 40.4. The molecule has 284 valence electrons. The van der Waals surface area contributed by atoms with E-state index in [0.717, 1.165) is 43.8 Å². The first-order chi connectivity index (χ1) is 25.4. The van der Waals surface area contributed by atoms with E-state index in [9.17, 15) is 19.2 Å². The molecular weight excluding hydrogens is 724 g/mol. The number of halogens is 6. The summed E-state index contributed by atoms with van der Waals surface area (Å²) in [6.07, 6.45) is -10.3. The van der Waals surface area contributed by atoms with Gasteiger partial charge in [-0.15, -0.1) is 0 Å². The Kier molecular flexibility index (Phi) is 8.20. The quantitative estimate of drug-likeness (QED) is 0.0793. The van der Waals surface area contributed by atoms with Crippen LogP contribution in [-0.2, 0) is 17.4 Å². The highest BCUT2D eigenvalue weighted by Gasteiger charge is 2.73. The van der Waals surface area contributed by atoms with Gasteiger partial charge in [0.15, 0.2) is 6.20 Å². The van der Waals surface area contributed by atoms with Gasteiger partial charge in [-0.3, -0.25) is 24.1 Å². The van der Waals surface area contributed by atoms with Crippen molar-refractivity contribution >= 4 is 51.0 Å². The number of aromatic nitrogens is 1. The van der Waals surface area contributed by atoms with E-state index >= 15 is 26.3 Å². The van der Waals surface area contributed by atoms with Crippen molar-refractivity contribution in [1.29, 1.82) is 0 Å². The third-order valence-electron chi connectivity index (χ3n) is 10.6. The molecule has 3 heterocycles. The fraction of sp³-hybridized carbons (Fsp3) is 0.310. The molecule has 2 aliphatic rings. The van der Waals surface area contributed by atoms with Crippen LogP contribution in [-0.4, -0.2) is 46.4 Å². The third-order valence-corrected chi connectivity index (χ3v) is 10.6. The van der Waals surface area contributed by atoms with Crippen molar-refractivity contribution in [3.8, 4) is 0 Å². The number of aryl methyl sites for hydroxylation is 1. The van der Waals surface area contributed by atoms with Crippen molar-refractivity contribution in [3.05, 3.63) is 118 Å². The van der Waals surface area contributed by atoms with Crippen molar-refractivity contribution in [2.24, 2.45) is 0 Å². The number of benzene rings is 4. The topological polar surface area (TPSA) is 78.6 Å². The van der Waals surface area contributed by atoms with E-state index < -0.39 is 69.2 Å². The lowest BCUT2D eigenvalue weighted by atomic mass is 9.71. The molecule has 0 fully saturated rings. The normalized spacial score (nSPS) is 15.5. The van der Waals surface area contributed by atoms with Gasteiger partial charge in [0.25, 0.3) is 23.6 Å². The highest BCUT2D eigenvalue weighted by Crippen LogP contribution is 2.57. The Hall–Kier alpha value is -5.59. The van der Waals surface area contributed by atoms with E-state index in [1.807, 2.05) is 29.8 Å². The summed E-state index contributed by atoms with van der Waals surface area (Å²) in [5, 5.41) is 2.36. The van der Waals surface area contributed by atoms with Crippen LogP contribution in [0.5, 0.6) is 0 Å². The van der Waals surface area contributed by atoms with E-state index in [1.165, 1.54) is 26.8 Å². The lowest BCUT2D eigenvalue weighted by molar-refractivity contribution is -0.666. The molecule has 1 aromatic heterocycles. The fourth-order valence-corrected chi connectivity index (χ4v) is 7.78. The number of carbonyl (C=O) groups is 4. The van der Waals surface area contributed by atoms with Crippen LogP contribution in [0.25, 0.3) is 21.7 Å². The van der Waals surface area contributed by atoms with Crippen LogP contribution in [0.1, 0.15) is 107 Å². The molecule has 0 saturated carbocycles. The number of rotatable bonds is 4. The van der Waals surface area contributed by atoms with Gasteiger partial charge < -0.3 is 0 Å². The van der Waals surface area contributed by atoms with Crippen LogP contribution in [0.4, 0.5) is 32.0 Å². The van der Waals surface area contributed by atoms with E-state index in [-0.39, 0.29) is 22.2 Å². The number of hydrogen-bond acceptors (Lipinski definition) is 4. The van der Waals surface area contributed by atoms with Crippen LogP contribution in [0.3, 0.4) is 0 Å². The van der Waals surface area contributed by atoms with E-state index in [4.69, 9.17) is 0 Å². The average Bonchev–Trinajstić information content (AvgIpc) is 3.49. The van der Waals surface area contributed by atoms with Gasteiger partial charge in [-0.2, -0.15) is 30.9 Å². The molecule has 4 amide bonds. The van der Waals surface area contributed by atoms with Crippen molar-refractivity contribution in [1.82, 2.24) is 4.90 Å². The molecule has 0 saturated heterocycles. The number of amides is 4. The predicted octanol–water partition coefficient (Wildman–Crippen LogP) is 9.20. The van der Waals surface area contributed by atoms with Gasteiger partial charge in [0.05, 0.1) is 33.3 Å². The number of alkyl halides is 6. The first-order valence-corrected chi connectivity index (χ1v) is 17.5. The summed E-state index contributed by atoms with van der Waals surface area (Å²) in [6, 6.07) is 14.5. The van der Waals surface area contributed by atoms with Gasteiger partial charge in [-0.1, -0.05) is 45.0 Å². The number of hydrogen-bond donors (Lipinski definition) is 0. The van der Waals surface area contributed by atoms with Gasteiger partial charge in [0.2, 0.25) is 10.9 Å². The largest absolute Gasteiger partial charge is 0.411 e. The summed E-state index contributed by atoms with van der Waals surface area (Å²) in [6.45, 7) is 13.4. The van der Waals surface area contributed by atoms with Crippen LogP contribution >= 0.6 is 0 Å². The highest BCUT2D eigenvalue weighted by molar-refractivity contribution is 6.34.